The second-order valence-electron chi connectivity index (χ2n) is 3.91. The molecule has 18 heavy (non-hydrogen) atoms. The first-order valence-electron chi connectivity index (χ1n) is 5.44. The maximum absolute atomic E-state index is 13.0. The lowest BCUT2D eigenvalue weighted by Gasteiger charge is -2.10. The fourth-order valence-electron chi connectivity index (χ4n) is 1.61. The summed E-state index contributed by atoms with van der Waals surface area (Å²) in [5.74, 6) is 6.76. The average molecular weight is 247 g/mol. The van der Waals surface area contributed by atoms with Gasteiger partial charge in [0.1, 0.15) is 23.3 Å². The fourth-order valence-corrected chi connectivity index (χ4v) is 1.61. The molecule has 0 saturated carbocycles. The molecule has 0 aliphatic heterocycles. The Morgan fingerprint density at radius 1 is 1.11 bits per heavy atom. The monoisotopic (exact) mass is 247 g/mol. The van der Waals surface area contributed by atoms with Crippen LogP contribution in [0.15, 0.2) is 24.3 Å². The van der Waals surface area contributed by atoms with Crippen LogP contribution in [0.1, 0.15) is 11.4 Å². The van der Waals surface area contributed by atoms with Gasteiger partial charge in [-0.1, -0.05) is 0 Å². The molecule has 4 N–H and O–H groups in total. The highest BCUT2D eigenvalue weighted by Gasteiger charge is 2.04. The molecule has 1 heterocycles. The molecule has 0 spiro atoms. The van der Waals surface area contributed by atoms with E-state index in [-0.39, 0.29) is 5.82 Å². The van der Waals surface area contributed by atoms with E-state index in [9.17, 15) is 4.39 Å². The lowest BCUT2D eigenvalue weighted by atomic mass is 10.2. The standard InChI is InChI=1S/C12H14FN5/c1-7-5-9(13)3-4-10(7)17-11-6-12(18-14)16-8(2)15-11/h3-6H,14H2,1-2H3,(H2,15,16,17,18). The number of nitrogens with two attached hydrogens (primary N) is 1. The number of nitrogens with one attached hydrogen (secondary N) is 2. The van der Waals surface area contributed by atoms with E-state index >= 15 is 0 Å². The topological polar surface area (TPSA) is 75.9 Å². The van der Waals surface area contributed by atoms with E-state index in [0.29, 0.717) is 17.5 Å². The Hall–Kier alpha value is -2.21. The van der Waals surface area contributed by atoms with Gasteiger partial charge >= 0.3 is 0 Å². The maximum Gasteiger partial charge on any atom is 0.145 e. The molecule has 0 fully saturated rings. The third-order valence-electron chi connectivity index (χ3n) is 2.44. The number of nitrogens with zero attached hydrogens (tertiary/aromatic N) is 2. The van der Waals surface area contributed by atoms with E-state index in [4.69, 9.17) is 5.84 Å². The molecular formula is C12H14FN5. The van der Waals surface area contributed by atoms with Crippen LogP contribution in [-0.2, 0) is 0 Å². The molecule has 0 atom stereocenters. The number of hydrogen-bond donors (Lipinski definition) is 3. The van der Waals surface area contributed by atoms with E-state index in [1.807, 2.05) is 6.92 Å². The van der Waals surface area contributed by atoms with Gasteiger partial charge in [-0.3, -0.25) is 0 Å². The number of hydrazine groups is 1. The molecule has 0 bridgehead atoms. The van der Waals surface area contributed by atoms with Crippen molar-refractivity contribution in [3.8, 4) is 0 Å². The van der Waals surface area contributed by atoms with Gasteiger partial charge in [0.25, 0.3) is 0 Å². The van der Waals surface area contributed by atoms with Crippen LogP contribution in [-0.4, -0.2) is 9.97 Å². The molecule has 0 aliphatic rings. The summed E-state index contributed by atoms with van der Waals surface area (Å²) in [7, 11) is 0. The lowest BCUT2D eigenvalue weighted by molar-refractivity contribution is 0.627. The Kier molecular flexibility index (Phi) is 3.38. The zero-order valence-electron chi connectivity index (χ0n) is 10.2. The van der Waals surface area contributed by atoms with Crippen LogP contribution in [0, 0.1) is 19.7 Å². The van der Waals surface area contributed by atoms with Crippen molar-refractivity contribution in [1.82, 2.24) is 9.97 Å². The van der Waals surface area contributed by atoms with Crippen molar-refractivity contribution in [3.05, 3.63) is 41.5 Å². The molecular weight excluding hydrogens is 233 g/mol. The summed E-state index contributed by atoms with van der Waals surface area (Å²) >= 11 is 0. The molecule has 6 heteroatoms. The van der Waals surface area contributed by atoms with Crippen molar-refractivity contribution in [2.75, 3.05) is 10.7 Å². The normalized spacial score (nSPS) is 10.2. The fraction of sp³-hybridized carbons (Fsp3) is 0.167. The molecule has 94 valence electrons. The summed E-state index contributed by atoms with van der Waals surface area (Å²) < 4.78 is 13.0. The number of nitrogen functional groups attached to an aromatic ring is 1. The van der Waals surface area contributed by atoms with Gasteiger partial charge in [0, 0.05) is 11.8 Å². The first-order chi connectivity index (χ1) is 8.58. The predicted octanol–water partition coefficient (Wildman–Crippen LogP) is 2.26. The second kappa shape index (κ2) is 4.97. The smallest absolute Gasteiger partial charge is 0.145 e. The number of aromatic nitrogens is 2. The molecule has 2 aromatic rings. The zero-order valence-corrected chi connectivity index (χ0v) is 10.2. The highest BCUT2D eigenvalue weighted by atomic mass is 19.1. The molecule has 0 saturated heterocycles. The first kappa shape index (κ1) is 12.3. The number of anilines is 3. The molecule has 0 aliphatic carbocycles. The Labute approximate surface area is 104 Å². The van der Waals surface area contributed by atoms with E-state index in [0.717, 1.165) is 11.3 Å². The van der Waals surface area contributed by atoms with E-state index in [1.54, 1.807) is 19.1 Å². The highest BCUT2D eigenvalue weighted by Crippen LogP contribution is 2.21. The summed E-state index contributed by atoms with van der Waals surface area (Å²) in [5, 5.41) is 3.10. The van der Waals surface area contributed by atoms with E-state index in [2.05, 4.69) is 20.7 Å². The van der Waals surface area contributed by atoms with Crippen molar-refractivity contribution in [3.63, 3.8) is 0 Å². The van der Waals surface area contributed by atoms with E-state index < -0.39 is 0 Å². The second-order valence-corrected chi connectivity index (χ2v) is 3.91. The maximum atomic E-state index is 13.0. The number of rotatable bonds is 3. The Balaban J connectivity index is 2.30. The van der Waals surface area contributed by atoms with Crippen molar-refractivity contribution >= 4 is 17.3 Å². The number of benzene rings is 1. The Bertz CT molecular complexity index is 570. The zero-order chi connectivity index (χ0) is 13.1. The summed E-state index contributed by atoms with van der Waals surface area (Å²) in [5.41, 5.74) is 4.06. The minimum atomic E-state index is -0.263. The lowest BCUT2D eigenvalue weighted by Crippen LogP contribution is -2.10. The van der Waals surface area contributed by atoms with Gasteiger partial charge in [-0.25, -0.2) is 20.2 Å². The van der Waals surface area contributed by atoms with Crippen LogP contribution in [0.3, 0.4) is 0 Å². The van der Waals surface area contributed by atoms with Gasteiger partial charge in [-0.15, -0.1) is 0 Å². The van der Waals surface area contributed by atoms with Crippen LogP contribution < -0.4 is 16.6 Å². The summed E-state index contributed by atoms with van der Waals surface area (Å²) in [6.45, 7) is 3.59. The van der Waals surface area contributed by atoms with Crippen LogP contribution in [0.2, 0.25) is 0 Å². The third kappa shape index (κ3) is 2.72. The van der Waals surface area contributed by atoms with Gasteiger partial charge in [0.15, 0.2) is 0 Å². The molecule has 1 aromatic carbocycles. The quantitative estimate of drug-likeness (QED) is 0.573. The summed E-state index contributed by atoms with van der Waals surface area (Å²) in [4.78, 5) is 8.31. The van der Waals surface area contributed by atoms with Crippen molar-refractivity contribution < 1.29 is 4.39 Å². The number of hydrogen-bond acceptors (Lipinski definition) is 5. The number of halogens is 1. The van der Waals surface area contributed by atoms with E-state index in [1.165, 1.54) is 12.1 Å². The van der Waals surface area contributed by atoms with Gasteiger partial charge in [-0.05, 0) is 37.6 Å². The van der Waals surface area contributed by atoms with Crippen LogP contribution >= 0.6 is 0 Å². The van der Waals surface area contributed by atoms with Crippen LogP contribution in [0.5, 0.6) is 0 Å². The van der Waals surface area contributed by atoms with Crippen LogP contribution in [0.4, 0.5) is 21.7 Å². The van der Waals surface area contributed by atoms with Crippen LogP contribution in [0.25, 0.3) is 0 Å². The van der Waals surface area contributed by atoms with Gasteiger partial charge < -0.3 is 10.7 Å². The molecule has 0 amide bonds. The third-order valence-corrected chi connectivity index (χ3v) is 2.44. The minimum Gasteiger partial charge on any atom is -0.340 e. The first-order valence-corrected chi connectivity index (χ1v) is 5.44. The minimum absolute atomic E-state index is 0.263. The Morgan fingerprint density at radius 2 is 1.83 bits per heavy atom. The number of aryl methyl sites for hydroxylation is 2. The van der Waals surface area contributed by atoms with Crippen molar-refractivity contribution in [1.29, 1.82) is 0 Å². The van der Waals surface area contributed by atoms with Crippen molar-refractivity contribution in [2.24, 2.45) is 5.84 Å². The molecule has 5 nitrogen and oxygen atoms in total. The SMILES string of the molecule is Cc1nc(NN)cc(Nc2ccc(F)cc2C)n1. The molecule has 2 rings (SSSR count). The summed E-state index contributed by atoms with van der Waals surface area (Å²) in [6, 6.07) is 6.19. The largest absolute Gasteiger partial charge is 0.340 e. The van der Waals surface area contributed by atoms with Gasteiger partial charge in [0.05, 0.1) is 0 Å². The highest BCUT2D eigenvalue weighted by molar-refractivity contribution is 5.62. The predicted molar refractivity (Wildman–Crippen MR) is 69.0 cm³/mol. The van der Waals surface area contributed by atoms with Crippen molar-refractivity contribution in [2.45, 2.75) is 13.8 Å². The summed E-state index contributed by atoms with van der Waals surface area (Å²) in [6.07, 6.45) is 0. The molecule has 0 unspecified atom stereocenters. The Morgan fingerprint density at radius 3 is 2.50 bits per heavy atom. The molecule has 0 radical (unpaired) electrons. The van der Waals surface area contributed by atoms with Gasteiger partial charge in [-0.2, -0.15) is 0 Å². The molecule has 1 aromatic heterocycles. The van der Waals surface area contributed by atoms with Gasteiger partial charge in [0.2, 0.25) is 0 Å². The average Bonchev–Trinajstić information content (AvgIpc) is 2.32.